The smallest absolute Gasteiger partial charge is 0.229 e. The molecular weight excluding hydrogens is 194 g/mol. The molecule has 1 fully saturated rings. The molecule has 0 bridgehead atoms. The highest BCUT2D eigenvalue weighted by molar-refractivity contribution is 5.90. The number of nitrogens with zero attached hydrogens (tertiary/aromatic N) is 2. The lowest BCUT2D eigenvalue weighted by Gasteiger charge is -2.06. The van der Waals surface area contributed by atoms with Crippen molar-refractivity contribution in [3.05, 3.63) is 18.0 Å². The second-order valence-corrected chi connectivity index (χ2v) is 3.77. The molecule has 1 atom stereocenters. The third-order valence-electron chi connectivity index (χ3n) is 2.10. The van der Waals surface area contributed by atoms with E-state index in [2.05, 4.69) is 15.3 Å². The molecule has 2 heterocycles. The topological polar surface area (TPSA) is 67.4 Å². The van der Waals surface area contributed by atoms with Crippen LogP contribution in [0.15, 0.2) is 12.3 Å². The van der Waals surface area contributed by atoms with E-state index >= 15 is 0 Å². The van der Waals surface area contributed by atoms with E-state index in [0.717, 1.165) is 5.69 Å². The van der Waals surface area contributed by atoms with Crippen LogP contribution in [0.2, 0.25) is 0 Å². The van der Waals surface area contributed by atoms with Crippen LogP contribution in [-0.2, 0) is 9.53 Å². The third kappa shape index (κ3) is 2.50. The average Bonchev–Trinajstić information content (AvgIpc) is 3.01. The number of amides is 1. The van der Waals surface area contributed by atoms with Crippen molar-refractivity contribution in [2.75, 3.05) is 11.9 Å². The van der Waals surface area contributed by atoms with Gasteiger partial charge < -0.3 is 4.74 Å². The van der Waals surface area contributed by atoms with Crippen LogP contribution < -0.4 is 5.32 Å². The highest BCUT2D eigenvalue weighted by Crippen LogP contribution is 2.27. The Balaban J connectivity index is 2.07. The first-order chi connectivity index (χ1) is 7.16. The number of hydrogen-bond donors (Lipinski definition) is 1. The second kappa shape index (κ2) is 3.94. The van der Waals surface area contributed by atoms with Crippen molar-refractivity contribution < 1.29 is 9.53 Å². The second-order valence-electron chi connectivity index (χ2n) is 3.77. The minimum atomic E-state index is -0.0798. The van der Waals surface area contributed by atoms with Crippen LogP contribution in [0.4, 0.5) is 5.95 Å². The summed E-state index contributed by atoms with van der Waals surface area (Å²) in [6.07, 6.45) is 1.71. The molecule has 5 nitrogen and oxygen atoms in total. The number of aromatic nitrogens is 2. The SMILES string of the molecule is CC(C)C(=O)Nc1nccc(C2CO2)n1. The molecule has 80 valence electrons. The van der Waals surface area contributed by atoms with Gasteiger partial charge in [0.2, 0.25) is 11.9 Å². The summed E-state index contributed by atoms with van der Waals surface area (Å²) in [6, 6.07) is 1.79. The largest absolute Gasteiger partial charge is 0.366 e. The van der Waals surface area contributed by atoms with Crippen LogP contribution in [0.3, 0.4) is 0 Å². The fourth-order valence-corrected chi connectivity index (χ4v) is 1.09. The van der Waals surface area contributed by atoms with Gasteiger partial charge in [-0.3, -0.25) is 10.1 Å². The van der Waals surface area contributed by atoms with Crippen molar-refractivity contribution in [3.8, 4) is 0 Å². The van der Waals surface area contributed by atoms with Crippen molar-refractivity contribution in [3.63, 3.8) is 0 Å². The number of epoxide rings is 1. The highest BCUT2D eigenvalue weighted by Gasteiger charge is 2.26. The fraction of sp³-hybridized carbons (Fsp3) is 0.500. The summed E-state index contributed by atoms with van der Waals surface area (Å²) in [5.74, 6) is 0.194. The number of hydrogen-bond acceptors (Lipinski definition) is 4. The fourth-order valence-electron chi connectivity index (χ4n) is 1.09. The van der Waals surface area contributed by atoms with Gasteiger partial charge in [-0.25, -0.2) is 9.97 Å². The van der Waals surface area contributed by atoms with E-state index in [4.69, 9.17) is 4.74 Å². The summed E-state index contributed by atoms with van der Waals surface area (Å²) >= 11 is 0. The molecule has 1 aliphatic rings. The van der Waals surface area contributed by atoms with Gasteiger partial charge in [-0.05, 0) is 6.07 Å². The van der Waals surface area contributed by atoms with Crippen molar-refractivity contribution in [1.29, 1.82) is 0 Å². The van der Waals surface area contributed by atoms with E-state index in [1.807, 2.05) is 13.8 Å². The molecule has 1 amide bonds. The van der Waals surface area contributed by atoms with Gasteiger partial charge in [-0.2, -0.15) is 0 Å². The van der Waals surface area contributed by atoms with Gasteiger partial charge in [0.15, 0.2) is 0 Å². The molecular formula is C10H13N3O2. The Bertz CT molecular complexity index is 375. The van der Waals surface area contributed by atoms with E-state index in [0.29, 0.717) is 12.6 Å². The number of rotatable bonds is 3. The first-order valence-electron chi connectivity index (χ1n) is 4.92. The summed E-state index contributed by atoms with van der Waals surface area (Å²) < 4.78 is 5.10. The van der Waals surface area contributed by atoms with Crippen molar-refractivity contribution in [1.82, 2.24) is 9.97 Å². The van der Waals surface area contributed by atoms with Crippen LogP contribution in [0.25, 0.3) is 0 Å². The number of ether oxygens (including phenoxy) is 1. The molecule has 0 aromatic carbocycles. The zero-order valence-electron chi connectivity index (χ0n) is 8.73. The summed E-state index contributed by atoms with van der Waals surface area (Å²) in [5, 5.41) is 2.65. The maximum atomic E-state index is 11.4. The highest BCUT2D eigenvalue weighted by atomic mass is 16.6. The standard InChI is InChI=1S/C10H13N3O2/c1-6(2)9(14)13-10-11-4-3-7(12-10)8-5-15-8/h3-4,6,8H,5H2,1-2H3,(H,11,12,13,14). The molecule has 0 saturated carbocycles. The predicted molar refractivity (Wildman–Crippen MR) is 54.2 cm³/mol. The van der Waals surface area contributed by atoms with Gasteiger partial charge >= 0.3 is 0 Å². The Morgan fingerprint density at radius 1 is 1.67 bits per heavy atom. The van der Waals surface area contributed by atoms with Crippen LogP contribution >= 0.6 is 0 Å². The lowest BCUT2D eigenvalue weighted by molar-refractivity contribution is -0.118. The van der Waals surface area contributed by atoms with E-state index in [1.54, 1.807) is 12.3 Å². The number of anilines is 1. The van der Waals surface area contributed by atoms with Crippen molar-refractivity contribution in [2.24, 2.45) is 5.92 Å². The minimum Gasteiger partial charge on any atom is -0.366 e. The molecule has 1 N–H and O–H groups in total. The Kier molecular flexibility index (Phi) is 2.64. The lowest BCUT2D eigenvalue weighted by Crippen LogP contribution is -2.19. The van der Waals surface area contributed by atoms with Gasteiger partial charge in [0.1, 0.15) is 6.10 Å². The molecule has 5 heteroatoms. The van der Waals surface area contributed by atoms with E-state index < -0.39 is 0 Å². The maximum Gasteiger partial charge on any atom is 0.229 e. The summed E-state index contributed by atoms with van der Waals surface area (Å²) in [5.41, 5.74) is 0.823. The molecule has 2 rings (SSSR count). The lowest BCUT2D eigenvalue weighted by atomic mass is 10.2. The quantitative estimate of drug-likeness (QED) is 0.755. The molecule has 1 aliphatic heterocycles. The third-order valence-corrected chi connectivity index (χ3v) is 2.10. The van der Waals surface area contributed by atoms with Gasteiger partial charge in [0.25, 0.3) is 0 Å². The van der Waals surface area contributed by atoms with Crippen LogP contribution in [0.5, 0.6) is 0 Å². The molecule has 1 saturated heterocycles. The molecule has 1 aromatic heterocycles. The molecule has 1 unspecified atom stereocenters. The number of carbonyl (C=O) groups is 1. The number of carbonyl (C=O) groups excluding carboxylic acids is 1. The van der Waals surface area contributed by atoms with Crippen LogP contribution in [0, 0.1) is 5.92 Å². The monoisotopic (exact) mass is 207 g/mol. The zero-order chi connectivity index (χ0) is 10.8. The van der Waals surface area contributed by atoms with Gasteiger partial charge in [0, 0.05) is 12.1 Å². The van der Waals surface area contributed by atoms with Crippen molar-refractivity contribution >= 4 is 11.9 Å². The molecule has 1 aromatic rings. The van der Waals surface area contributed by atoms with Crippen LogP contribution in [0.1, 0.15) is 25.6 Å². The molecule has 0 spiro atoms. The molecule has 0 radical (unpaired) electrons. The normalized spacial score (nSPS) is 19.0. The Morgan fingerprint density at radius 2 is 2.40 bits per heavy atom. The van der Waals surface area contributed by atoms with Gasteiger partial charge in [0.05, 0.1) is 12.3 Å². The molecule has 15 heavy (non-hydrogen) atoms. The summed E-state index contributed by atoms with van der Waals surface area (Å²) in [7, 11) is 0. The van der Waals surface area contributed by atoms with Crippen LogP contribution in [-0.4, -0.2) is 22.5 Å². The van der Waals surface area contributed by atoms with Gasteiger partial charge in [-0.1, -0.05) is 13.8 Å². The first-order valence-corrected chi connectivity index (χ1v) is 4.92. The predicted octanol–water partition coefficient (Wildman–Crippen LogP) is 1.14. The van der Waals surface area contributed by atoms with Crippen molar-refractivity contribution in [2.45, 2.75) is 20.0 Å². The first kappa shape index (κ1) is 10.0. The van der Waals surface area contributed by atoms with E-state index in [1.165, 1.54) is 0 Å². The summed E-state index contributed by atoms with van der Waals surface area (Å²) in [6.45, 7) is 4.35. The average molecular weight is 207 g/mol. The summed E-state index contributed by atoms with van der Waals surface area (Å²) in [4.78, 5) is 19.5. The Labute approximate surface area is 87.9 Å². The Hall–Kier alpha value is -1.49. The van der Waals surface area contributed by atoms with Gasteiger partial charge in [-0.15, -0.1) is 0 Å². The molecule has 0 aliphatic carbocycles. The zero-order valence-corrected chi connectivity index (χ0v) is 8.73. The maximum absolute atomic E-state index is 11.4. The number of nitrogens with one attached hydrogen (secondary N) is 1. The Morgan fingerprint density at radius 3 is 3.00 bits per heavy atom. The van der Waals surface area contributed by atoms with E-state index in [-0.39, 0.29) is 17.9 Å². The minimum absolute atomic E-state index is 0.0746. The van der Waals surface area contributed by atoms with E-state index in [9.17, 15) is 4.79 Å².